The first-order valence-corrected chi connectivity index (χ1v) is 10.5. The lowest BCUT2D eigenvalue weighted by Crippen LogP contribution is -2.34. The normalized spacial score (nSPS) is 12.0. The van der Waals surface area contributed by atoms with Crippen molar-refractivity contribution in [3.8, 4) is 5.69 Å². The monoisotopic (exact) mass is 394 g/mol. The summed E-state index contributed by atoms with van der Waals surface area (Å²) in [7, 11) is 0. The lowest BCUT2D eigenvalue weighted by Gasteiger charge is -2.14. The standard InChI is InChI=1S/C22H26N4OS/c1-16-8-7-11-20(14-16)26-18(3)24-25-22(26)28-15-21(27)23-17(2)12-13-19-9-5-4-6-10-19/h4-11,14,17H,12-13,15H2,1-3H3,(H,23,27). The molecular weight excluding hydrogens is 368 g/mol. The Morgan fingerprint density at radius 2 is 1.89 bits per heavy atom. The van der Waals surface area contributed by atoms with Crippen LogP contribution in [0.25, 0.3) is 5.69 Å². The molecule has 1 heterocycles. The largest absolute Gasteiger partial charge is 0.353 e. The molecule has 146 valence electrons. The van der Waals surface area contributed by atoms with E-state index in [2.05, 4.69) is 46.7 Å². The Hall–Kier alpha value is -2.60. The summed E-state index contributed by atoms with van der Waals surface area (Å²) in [4.78, 5) is 12.4. The van der Waals surface area contributed by atoms with Gasteiger partial charge in [-0.2, -0.15) is 0 Å². The Bertz CT molecular complexity index is 923. The molecule has 1 unspecified atom stereocenters. The van der Waals surface area contributed by atoms with Gasteiger partial charge >= 0.3 is 0 Å². The average molecular weight is 395 g/mol. The highest BCUT2D eigenvalue weighted by Crippen LogP contribution is 2.22. The highest BCUT2D eigenvalue weighted by molar-refractivity contribution is 7.99. The van der Waals surface area contributed by atoms with Crippen LogP contribution in [-0.4, -0.2) is 32.5 Å². The van der Waals surface area contributed by atoms with Gasteiger partial charge in [-0.15, -0.1) is 10.2 Å². The van der Waals surface area contributed by atoms with E-state index in [1.54, 1.807) is 0 Å². The lowest BCUT2D eigenvalue weighted by atomic mass is 10.1. The van der Waals surface area contributed by atoms with E-state index in [1.807, 2.05) is 48.7 Å². The molecule has 0 bridgehead atoms. The van der Waals surface area contributed by atoms with Gasteiger partial charge in [0, 0.05) is 11.7 Å². The molecule has 6 heteroatoms. The van der Waals surface area contributed by atoms with E-state index in [-0.39, 0.29) is 11.9 Å². The number of hydrogen-bond donors (Lipinski definition) is 1. The van der Waals surface area contributed by atoms with Crippen molar-refractivity contribution < 1.29 is 4.79 Å². The SMILES string of the molecule is Cc1cccc(-n2c(C)nnc2SCC(=O)NC(C)CCc2ccccc2)c1. The fourth-order valence-electron chi connectivity index (χ4n) is 3.05. The van der Waals surface area contributed by atoms with Crippen molar-refractivity contribution in [2.24, 2.45) is 0 Å². The van der Waals surface area contributed by atoms with E-state index >= 15 is 0 Å². The van der Waals surface area contributed by atoms with Gasteiger partial charge in [-0.05, 0) is 56.9 Å². The Morgan fingerprint density at radius 1 is 1.11 bits per heavy atom. The highest BCUT2D eigenvalue weighted by Gasteiger charge is 2.14. The zero-order chi connectivity index (χ0) is 19.9. The second-order valence-electron chi connectivity index (χ2n) is 6.99. The van der Waals surface area contributed by atoms with E-state index in [1.165, 1.54) is 22.9 Å². The quantitative estimate of drug-likeness (QED) is 0.584. The maximum absolute atomic E-state index is 12.4. The number of amides is 1. The summed E-state index contributed by atoms with van der Waals surface area (Å²) in [6.07, 6.45) is 1.87. The topological polar surface area (TPSA) is 59.8 Å². The summed E-state index contributed by atoms with van der Waals surface area (Å²) in [6, 6.07) is 18.7. The van der Waals surface area contributed by atoms with Gasteiger partial charge in [0.25, 0.3) is 0 Å². The molecule has 5 nitrogen and oxygen atoms in total. The first-order chi connectivity index (χ1) is 13.5. The van der Waals surface area contributed by atoms with E-state index < -0.39 is 0 Å². The van der Waals surface area contributed by atoms with Crippen LogP contribution in [0.2, 0.25) is 0 Å². The van der Waals surface area contributed by atoms with E-state index in [0.717, 1.165) is 29.5 Å². The summed E-state index contributed by atoms with van der Waals surface area (Å²) in [5.74, 6) is 1.14. The fraction of sp³-hybridized carbons (Fsp3) is 0.318. The summed E-state index contributed by atoms with van der Waals surface area (Å²) in [6.45, 7) is 6.02. The molecule has 0 aliphatic heterocycles. The Balaban J connectivity index is 1.53. The van der Waals surface area contributed by atoms with Gasteiger partial charge in [0.2, 0.25) is 5.91 Å². The van der Waals surface area contributed by atoms with Gasteiger partial charge in [0.15, 0.2) is 5.16 Å². The number of benzene rings is 2. The van der Waals surface area contributed by atoms with Crippen molar-refractivity contribution >= 4 is 17.7 Å². The summed E-state index contributed by atoms with van der Waals surface area (Å²) in [5.41, 5.74) is 3.48. The number of thioether (sulfide) groups is 1. The average Bonchev–Trinajstić information content (AvgIpc) is 3.06. The van der Waals surface area contributed by atoms with Crippen LogP contribution < -0.4 is 5.32 Å². The molecule has 3 aromatic rings. The number of nitrogens with zero attached hydrogens (tertiary/aromatic N) is 3. The minimum absolute atomic E-state index is 0.0157. The van der Waals surface area contributed by atoms with Crippen LogP contribution in [0, 0.1) is 13.8 Å². The summed E-state index contributed by atoms with van der Waals surface area (Å²) >= 11 is 1.41. The predicted molar refractivity (Wildman–Crippen MR) is 114 cm³/mol. The van der Waals surface area contributed by atoms with Crippen molar-refractivity contribution in [3.05, 3.63) is 71.5 Å². The molecule has 1 amide bonds. The van der Waals surface area contributed by atoms with Crippen molar-refractivity contribution in [3.63, 3.8) is 0 Å². The van der Waals surface area contributed by atoms with E-state index in [9.17, 15) is 4.79 Å². The molecule has 3 rings (SSSR count). The van der Waals surface area contributed by atoms with Crippen LogP contribution >= 0.6 is 11.8 Å². The van der Waals surface area contributed by atoms with Gasteiger partial charge in [-0.3, -0.25) is 9.36 Å². The van der Waals surface area contributed by atoms with Gasteiger partial charge in [-0.25, -0.2) is 0 Å². The second-order valence-corrected chi connectivity index (χ2v) is 7.93. The molecule has 0 aliphatic rings. The van der Waals surface area contributed by atoms with Gasteiger partial charge < -0.3 is 5.32 Å². The molecule has 0 aliphatic carbocycles. The molecular formula is C22H26N4OS. The minimum atomic E-state index is 0.0157. The third-order valence-corrected chi connectivity index (χ3v) is 5.43. The predicted octanol–water partition coefficient (Wildman–Crippen LogP) is 4.11. The number of carbonyl (C=O) groups excluding carboxylic acids is 1. The third-order valence-electron chi connectivity index (χ3n) is 4.50. The summed E-state index contributed by atoms with van der Waals surface area (Å²) in [5, 5.41) is 12.2. The highest BCUT2D eigenvalue weighted by atomic mass is 32.2. The fourth-order valence-corrected chi connectivity index (χ4v) is 3.86. The molecule has 0 radical (unpaired) electrons. The van der Waals surface area contributed by atoms with E-state index in [4.69, 9.17) is 0 Å². The molecule has 0 fully saturated rings. The van der Waals surface area contributed by atoms with Crippen molar-refractivity contribution in [2.45, 2.75) is 44.8 Å². The molecule has 1 N–H and O–H groups in total. The number of aryl methyl sites for hydroxylation is 3. The maximum atomic E-state index is 12.4. The molecule has 1 atom stereocenters. The minimum Gasteiger partial charge on any atom is -0.353 e. The maximum Gasteiger partial charge on any atom is 0.230 e. The van der Waals surface area contributed by atoms with Crippen LogP contribution in [0.15, 0.2) is 59.8 Å². The number of nitrogens with one attached hydrogen (secondary N) is 1. The first-order valence-electron chi connectivity index (χ1n) is 9.48. The van der Waals surface area contributed by atoms with Crippen molar-refractivity contribution in [2.75, 3.05) is 5.75 Å². The third kappa shape index (κ3) is 5.45. The van der Waals surface area contributed by atoms with Crippen molar-refractivity contribution in [1.29, 1.82) is 0 Å². The number of hydrogen-bond acceptors (Lipinski definition) is 4. The number of aromatic nitrogens is 3. The van der Waals surface area contributed by atoms with Crippen molar-refractivity contribution in [1.82, 2.24) is 20.1 Å². The van der Waals surface area contributed by atoms with Gasteiger partial charge in [0.05, 0.1) is 5.75 Å². The van der Waals surface area contributed by atoms with Crippen LogP contribution in [0.5, 0.6) is 0 Å². The Kier molecular flexibility index (Phi) is 6.87. The molecule has 28 heavy (non-hydrogen) atoms. The zero-order valence-corrected chi connectivity index (χ0v) is 17.4. The van der Waals surface area contributed by atoms with E-state index in [0.29, 0.717) is 5.75 Å². The molecule has 2 aromatic carbocycles. The zero-order valence-electron chi connectivity index (χ0n) is 16.6. The Labute approximate surface area is 170 Å². The van der Waals surface area contributed by atoms with Gasteiger partial charge in [-0.1, -0.05) is 54.2 Å². The number of rotatable bonds is 8. The van der Waals surface area contributed by atoms with Crippen LogP contribution in [0.4, 0.5) is 0 Å². The molecule has 0 saturated carbocycles. The van der Waals surface area contributed by atoms with Crippen LogP contribution in [0.1, 0.15) is 30.3 Å². The second kappa shape index (κ2) is 9.55. The summed E-state index contributed by atoms with van der Waals surface area (Å²) < 4.78 is 1.99. The lowest BCUT2D eigenvalue weighted by molar-refractivity contribution is -0.119. The Morgan fingerprint density at radius 3 is 2.64 bits per heavy atom. The molecule has 0 saturated heterocycles. The smallest absolute Gasteiger partial charge is 0.230 e. The molecule has 1 aromatic heterocycles. The van der Waals surface area contributed by atoms with Crippen LogP contribution in [-0.2, 0) is 11.2 Å². The van der Waals surface area contributed by atoms with Gasteiger partial charge in [0.1, 0.15) is 5.82 Å². The molecule has 0 spiro atoms. The van der Waals surface area contributed by atoms with Crippen LogP contribution in [0.3, 0.4) is 0 Å². The first kappa shape index (κ1) is 20.1. The number of carbonyl (C=O) groups is 1.